The van der Waals surface area contributed by atoms with Crippen LogP contribution in [0.1, 0.15) is 5.56 Å². The zero-order valence-corrected chi connectivity index (χ0v) is 12.8. The number of nitrogens with zero attached hydrogens (tertiary/aromatic N) is 2. The summed E-state index contributed by atoms with van der Waals surface area (Å²) in [5, 5.41) is 7.28. The summed E-state index contributed by atoms with van der Waals surface area (Å²) in [6.45, 7) is 3.16. The number of aromatic nitrogens is 2. The predicted octanol–water partition coefficient (Wildman–Crippen LogP) is 0.794. The highest BCUT2D eigenvalue weighted by Gasteiger charge is 2.16. The summed E-state index contributed by atoms with van der Waals surface area (Å²) in [4.78, 5) is 0.140. The van der Waals surface area contributed by atoms with E-state index >= 15 is 0 Å². The molecule has 0 saturated heterocycles. The van der Waals surface area contributed by atoms with Crippen molar-refractivity contribution in [1.29, 1.82) is 0 Å². The van der Waals surface area contributed by atoms with Gasteiger partial charge < -0.3 is 11.1 Å². The monoisotopic (exact) mass is 309 g/mol. The molecular formula is C13H19N5O2S. The average molecular weight is 309 g/mol. The Hall–Kier alpha value is -2.06. The average Bonchev–Trinajstić information content (AvgIpc) is 2.86. The van der Waals surface area contributed by atoms with Gasteiger partial charge in [0.2, 0.25) is 10.0 Å². The molecule has 0 aliphatic heterocycles. The van der Waals surface area contributed by atoms with Crippen LogP contribution in [-0.4, -0.2) is 31.8 Å². The van der Waals surface area contributed by atoms with Gasteiger partial charge in [-0.3, -0.25) is 4.68 Å². The maximum Gasteiger partial charge on any atom is 0.242 e. The van der Waals surface area contributed by atoms with Crippen molar-refractivity contribution in [3.63, 3.8) is 0 Å². The Morgan fingerprint density at radius 2 is 2.14 bits per heavy atom. The SMILES string of the molecule is CNS(=O)(=O)c1cc(N)ccc1NCCn1cc(C)cn1. The molecule has 2 rings (SSSR count). The van der Waals surface area contributed by atoms with Gasteiger partial charge in [-0.05, 0) is 37.7 Å². The largest absolute Gasteiger partial charge is 0.399 e. The lowest BCUT2D eigenvalue weighted by atomic mass is 10.3. The van der Waals surface area contributed by atoms with Gasteiger partial charge in [-0.1, -0.05) is 0 Å². The van der Waals surface area contributed by atoms with E-state index in [2.05, 4.69) is 15.1 Å². The number of nitrogens with two attached hydrogens (primary N) is 1. The molecular weight excluding hydrogens is 290 g/mol. The van der Waals surface area contributed by atoms with E-state index in [0.717, 1.165) is 5.56 Å². The van der Waals surface area contributed by atoms with E-state index in [1.807, 2.05) is 13.1 Å². The summed E-state index contributed by atoms with van der Waals surface area (Å²) >= 11 is 0. The Bertz CT molecular complexity index is 724. The third kappa shape index (κ3) is 3.73. The summed E-state index contributed by atoms with van der Waals surface area (Å²) in [5.74, 6) is 0. The summed E-state index contributed by atoms with van der Waals surface area (Å²) in [6, 6.07) is 4.76. The van der Waals surface area contributed by atoms with E-state index in [9.17, 15) is 8.42 Å². The van der Waals surface area contributed by atoms with Gasteiger partial charge in [-0.2, -0.15) is 5.10 Å². The second-order valence-electron chi connectivity index (χ2n) is 4.67. The van der Waals surface area contributed by atoms with Crippen molar-refractivity contribution in [3.8, 4) is 0 Å². The topological polar surface area (TPSA) is 102 Å². The fourth-order valence-corrected chi connectivity index (χ4v) is 2.85. The van der Waals surface area contributed by atoms with Crippen molar-refractivity contribution in [2.24, 2.45) is 0 Å². The Balaban J connectivity index is 2.13. The van der Waals surface area contributed by atoms with Gasteiger partial charge in [0, 0.05) is 18.4 Å². The molecule has 0 radical (unpaired) electrons. The van der Waals surface area contributed by atoms with Gasteiger partial charge in [0.15, 0.2) is 0 Å². The maximum atomic E-state index is 12.0. The quantitative estimate of drug-likeness (QED) is 0.685. The van der Waals surface area contributed by atoms with Crippen LogP contribution >= 0.6 is 0 Å². The van der Waals surface area contributed by atoms with Gasteiger partial charge in [-0.25, -0.2) is 13.1 Å². The van der Waals surface area contributed by atoms with Crippen LogP contribution in [-0.2, 0) is 16.6 Å². The smallest absolute Gasteiger partial charge is 0.242 e. The van der Waals surface area contributed by atoms with E-state index in [1.54, 1.807) is 23.0 Å². The van der Waals surface area contributed by atoms with Crippen LogP contribution in [0.15, 0.2) is 35.5 Å². The Kier molecular flexibility index (Phi) is 4.49. The number of nitrogen functional groups attached to an aromatic ring is 1. The molecule has 0 aliphatic carbocycles. The second kappa shape index (κ2) is 6.15. The van der Waals surface area contributed by atoms with Gasteiger partial charge >= 0.3 is 0 Å². The first-order valence-electron chi connectivity index (χ1n) is 6.48. The lowest BCUT2D eigenvalue weighted by Crippen LogP contribution is -2.21. The van der Waals surface area contributed by atoms with E-state index in [-0.39, 0.29) is 4.90 Å². The molecule has 7 nitrogen and oxygen atoms in total. The van der Waals surface area contributed by atoms with Gasteiger partial charge in [-0.15, -0.1) is 0 Å². The van der Waals surface area contributed by atoms with Crippen LogP contribution in [0.4, 0.5) is 11.4 Å². The molecule has 21 heavy (non-hydrogen) atoms. The van der Waals surface area contributed by atoms with Crippen molar-refractivity contribution < 1.29 is 8.42 Å². The number of sulfonamides is 1. The molecule has 0 aliphatic rings. The number of anilines is 2. The van der Waals surface area contributed by atoms with E-state index in [1.165, 1.54) is 13.1 Å². The molecule has 1 aromatic heterocycles. The summed E-state index contributed by atoms with van der Waals surface area (Å²) in [5.41, 5.74) is 7.67. The van der Waals surface area contributed by atoms with Crippen molar-refractivity contribution in [3.05, 3.63) is 36.2 Å². The first-order valence-corrected chi connectivity index (χ1v) is 7.96. The molecule has 4 N–H and O–H groups in total. The van der Waals surface area contributed by atoms with Crippen LogP contribution in [0.2, 0.25) is 0 Å². The molecule has 0 unspecified atom stereocenters. The highest BCUT2D eigenvalue weighted by molar-refractivity contribution is 7.89. The minimum Gasteiger partial charge on any atom is -0.399 e. The van der Waals surface area contributed by atoms with Gasteiger partial charge in [0.25, 0.3) is 0 Å². The van der Waals surface area contributed by atoms with Crippen molar-refractivity contribution in [2.45, 2.75) is 18.4 Å². The number of hydrogen-bond acceptors (Lipinski definition) is 5. The molecule has 0 saturated carbocycles. The Morgan fingerprint density at radius 1 is 1.38 bits per heavy atom. The first-order chi connectivity index (χ1) is 9.92. The molecule has 0 fully saturated rings. The molecule has 0 bridgehead atoms. The summed E-state index contributed by atoms with van der Waals surface area (Å²) in [6.07, 6.45) is 3.70. The number of hydrogen-bond donors (Lipinski definition) is 3. The normalized spacial score (nSPS) is 11.5. The maximum absolute atomic E-state index is 12.0. The molecule has 2 aromatic rings. The Morgan fingerprint density at radius 3 is 2.76 bits per heavy atom. The first kappa shape index (κ1) is 15.3. The van der Waals surface area contributed by atoms with Crippen LogP contribution < -0.4 is 15.8 Å². The van der Waals surface area contributed by atoms with E-state index < -0.39 is 10.0 Å². The third-order valence-corrected chi connectivity index (χ3v) is 4.44. The Labute approximate surface area is 124 Å². The van der Waals surface area contributed by atoms with Crippen molar-refractivity contribution in [2.75, 3.05) is 24.6 Å². The summed E-state index contributed by atoms with van der Waals surface area (Å²) < 4.78 is 28.1. The van der Waals surface area contributed by atoms with E-state index in [0.29, 0.717) is 24.5 Å². The molecule has 114 valence electrons. The number of nitrogens with one attached hydrogen (secondary N) is 2. The zero-order valence-electron chi connectivity index (χ0n) is 12.0. The fourth-order valence-electron chi connectivity index (χ4n) is 1.91. The van der Waals surface area contributed by atoms with Crippen molar-refractivity contribution >= 4 is 21.4 Å². The van der Waals surface area contributed by atoms with Crippen LogP contribution in [0.5, 0.6) is 0 Å². The lowest BCUT2D eigenvalue weighted by Gasteiger charge is -2.13. The molecule has 1 heterocycles. The predicted molar refractivity (Wildman–Crippen MR) is 82.6 cm³/mol. The minimum atomic E-state index is -3.56. The number of benzene rings is 1. The molecule has 0 amide bonds. The van der Waals surface area contributed by atoms with Gasteiger partial charge in [0.05, 0.1) is 18.4 Å². The standard InChI is InChI=1S/C13H19N5O2S/c1-10-8-17-18(9-10)6-5-16-12-4-3-11(14)7-13(12)21(19,20)15-2/h3-4,7-9,15-16H,5-6,14H2,1-2H3. The number of aryl methyl sites for hydroxylation is 1. The molecule has 0 atom stereocenters. The molecule has 0 spiro atoms. The van der Waals surface area contributed by atoms with Crippen LogP contribution in [0, 0.1) is 6.92 Å². The zero-order chi connectivity index (χ0) is 15.5. The van der Waals surface area contributed by atoms with Gasteiger partial charge in [0.1, 0.15) is 4.90 Å². The molecule has 8 heteroatoms. The van der Waals surface area contributed by atoms with Crippen molar-refractivity contribution in [1.82, 2.24) is 14.5 Å². The fraction of sp³-hybridized carbons (Fsp3) is 0.308. The van der Waals surface area contributed by atoms with Crippen LogP contribution in [0.25, 0.3) is 0 Å². The lowest BCUT2D eigenvalue weighted by molar-refractivity contribution is 0.588. The summed E-state index contributed by atoms with van der Waals surface area (Å²) in [7, 11) is -2.19. The minimum absolute atomic E-state index is 0.140. The number of rotatable bonds is 6. The highest BCUT2D eigenvalue weighted by Crippen LogP contribution is 2.23. The second-order valence-corrected chi connectivity index (χ2v) is 6.53. The van der Waals surface area contributed by atoms with Crippen LogP contribution in [0.3, 0.4) is 0 Å². The molecule has 1 aromatic carbocycles. The highest BCUT2D eigenvalue weighted by atomic mass is 32.2. The van der Waals surface area contributed by atoms with E-state index in [4.69, 9.17) is 5.73 Å². The third-order valence-electron chi connectivity index (χ3n) is 2.98.